The van der Waals surface area contributed by atoms with E-state index < -0.39 is 0 Å². The molecule has 0 amide bonds. The van der Waals surface area contributed by atoms with E-state index in [4.69, 9.17) is 0 Å². The lowest BCUT2D eigenvalue weighted by Crippen LogP contribution is -2.41. The van der Waals surface area contributed by atoms with Crippen LogP contribution in [0.1, 0.15) is 57.9 Å². The van der Waals surface area contributed by atoms with Gasteiger partial charge in [-0.1, -0.05) is 63.9 Å². The second-order valence-corrected chi connectivity index (χ2v) is 6.85. The van der Waals surface area contributed by atoms with Crippen LogP contribution in [0.3, 0.4) is 0 Å². The van der Waals surface area contributed by atoms with Crippen molar-refractivity contribution in [2.75, 3.05) is 6.54 Å². The van der Waals surface area contributed by atoms with E-state index in [1.807, 2.05) is 0 Å². The summed E-state index contributed by atoms with van der Waals surface area (Å²) in [7, 11) is 0. The van der Waals surface area contributed by atoms with E-state index in [2.05, 4.69) is 56.4 Å². The Balaban J connectivity index is 2.02. The van der Waals surface area contributed by atoms with Crippen molar-refractivity contribution in [2.24, 2.45) is 5.41 Å². The van der Waals surface area contributed by atoms with Gasteiger partial charge in [0.25, 0.3) is 0 Å². The molecular formula is C17H27N. The molecule has 2 rings (SSSR count). The van der Waals surface area contributed by atoms with Crippen LogP contribution in [0.2, 0.25) is 0 Å². The molecule has 0 aliphatic heterocycles. The molecule has 0 bridgehead atoms. The van der Waals surface area contributed by atoms with Crippen molar-refractivity contribution in [3.05, 3.63) is 35.9 Å². The van der Waals surface area contributed by atoms with Gasteiger partial charge < -0.3 is 5.32 Å². The Hall–Kier alpha value is -0.820. The summed E-state index contributed by atoms with van der Waals surface area (Å²) in [6, 6.07) is 11.7. The summed E-state index contributed by atoms with van der Waals surface area (Å²) < 4.78 is 0. The van der Waals surface area contributed by atoms with Gasteiger partial charge in [0.1, 0.15) is 0 Å². The molecule has 0 radical (unpaired) electrons. The summed E-state index contributed by atoms with van der Waals surface area (Å²) in [6.45, 7) is 8.03. The summed E-state index contributed by atoms with van der Waals surface area (Å²) in [5.74, 6) is 0.710. The quantitative estimate of drug-likeness (QED) is 0.835. The third kappa shape index (κ3) is 3.84. The zero-order valence-electron chi connectivity index (χ0n) is 12.1. The number of hydrogen-bond acceptors (Lipinski definition) is 1. The second kappa shape index (κ2) is 5.88. The number of hydrogen-bond donors (Lipinski definition) is 1. The van der Waals surface area contributed by atoms with E-state index in [-0.39, 0.29) is 0 Å². The van der Waals surface area contributed by atoms with Crippen LogP contribution in [-0.2, 0) is 0 Å². The molecular weight excluding hydrogens is 218 g/mol. The molecule has 0 heterocycles. The molecule has 18 heavy (non-hydrogen) atoms. The van der Waals surface area contributed by atoms with Gasteiger partial charge in [-0.2, -0.15) is 0 Å². The lowest BCUT2D eigenvalue weighted by atomic mass is 9.79. The van der Waals surface area contributed by atoms with Gasteiger partial charge in [-0.3, -0.25) is 0 Å². The van der Waals surface area contributed by atoms with Gasteiger partial charge in [0.05, 0.1) is 0 Å². The van der Waals surface area contributed by atoms with Gasteiger partial charge in [-0.05, 0) is 29.7 Å². The highest BCUT2D eigenvalue weighted by Crippen LogP contribution is 2.33. The number of nitrogens with one attached hydrogen (secondary N) is 1. The van der Waals surface area contributed by atoms with Gasteiger partial charge in [0, 0.05) is 12.6 Å². The van der Waals surface area contributed by atoms with Crippen LogP contribution >= 0.6 is 0 Å². The number of rotatable bonds is 3. The van der Waals surface area contributed by atoms with Crippen molar-refractivity contribution in [3.8, 4) is 0 Å². The lowest BCUT2D eigenvalue weighted by molar-refractivity contribution is 0.281. The Labute approximate surface area is 112 Å². The normalized spacial score (nSPS) is 25.1. The Morgan fingerprint density at radius 1 is 1.06 bits per heavy atom. The van der Waals surface area contributed by atoms with Crippen LogP contribution in [0.4, 0.5) is 0 Å². The molecule has 1 saturated carbocycles. The Bertz CT molecular complexity index is 350. The van der Waals surface area contributed by atoms with Gasteiger partial charge in [-0.15, -0.1) is 0 Å². The van der Waals surface area contributed by atoms with Crippen molar-refractivity contribution in [2.45, 2.75) is 58.4 Å². The minimum absolute atomic E-state index is 0.374. The monoisotopic (exact) mass is 245 g/mol. The van der Waals surface area contributed by atoms with Crippen LogP contribution in [0.5, 0.6) is 0 Å². The summed E-state index contributed by atoms with van der Waals surface area (Å²) in [4.78, 5) is 0. The SMILES string of the molecule is CC(C)(C)CNC1CCCCC1c1ccccc1. The van der Waals surface area contributed by atoms with Crippen molar-refractivity contribution in [1.82, 2.24) is 5.32 Å². The van der Waals surface area contributed by atoms with Crippen molar-refractivity contribution >= 4 is 0 Å². The highest BCUT2D eigenvalue weighted by atomic mass is 14.9. The van der Waals surface area contributed by atoms with Gasteiger partial charge >= 0.3 is 0 Å². The van der Waals surface area contributed by atoms with Crippen LogP contribution in [0.15, 0.2) is 30.3 Å². The largest absolute Gasteiger partial charge is 0.313 e. The molecule has 0 saturated heterocycles. The number of benzene rings is 1. The maximum absolute atomic E-state index is 3.81. The van der Waals surface area contributed by atoms with E-state index in [0.717, 1.165) is 6.54 Å². The molecule has 1 N–H and O–H groups in total. The Kier molecular flexibility index (Phi) is 4.45. The van der Waals surface area contributed by atoms with E-state index in [0.29, 0.717) is 17.4 Å². The first-order chi connectivity index (χ1) is 8.56. The Morgan fingerprint density at radius 2 is 1.72 bits per heavy atom. The maximum atomic E-state index is 3.81. The van der Waals surface area contributed by atoms with E-state index >= 15 is 0 Å². The highest BCUT2D eigenvalue weighted by molar-refractivity contribution is 5.22. The molecule has 2 atom stereocenters. The fourth-order valence-corrected chi connectivity index (χ4v) is 2.91. The first-order valence-electron chi connectivity index (χ1n) is 7.34. The molecule has 0 spiro atoms. The van der Waals surface area contributed by atoms with Gasteiger partial charge in [-0.25, -0.2) is 0 Å². The van der Waals surface area contributed by atoms with Crippen molar-refractivity contribution in [3.63, 3.8) is 0 Å². The molecule has 2 unspecified atom stereocenters. The second-order valence-electron chi connectivity index (χ2n) is 6.85. The highest BCUT2D eigenvalue weighted by Gasteiger charge is 2.26. The van der Waals surface area contributed by atoms with Crippen LogP contribution < -0.4 is 5.32 Å². The smallest absolute Gasteiger partial charge is 0.0136 e. The first-order valence-corrected chi connectivity index (χ1v) is 7.34. The lowest BCUT2D eigenvalue weighted by Gasteiger charge is -2.35. The molecule has 100 valence electrons. The zero-order chi connectivity index (χ0) is 13.0. The topological polar surface area (TPSA) is 12.0 Å². The van der Waals surface area contributed by atoms with Crippen molar-refractivity contribution < 1.29 is 0 Å². The van der Waals surface area contributed by atoms with Crippen LogP contribution in [0.25, 0.3) is 0 Å². The third-order valence-electron chi connectivity index (χ3n) is 3.89. The predicted octanol–water partition coefficient (Wildman–Crippen LogP) is 4.35. The van der Waals surface area contributed by atoms with E-state index in [1.165, 1.54) is 31.2 Å². The summed E-state index contributed by atoms with van der Waals surface area (Å²) in [5, 5.41) is 3.81. The Morgan fingerprint density at radius 3 is 2.39 bits per heavy atom. The van der Waals surface area contributed by atoms with E-state index in [1.54, 1.807) is 0 Å². The summed E-state index contributed by atoms with van der Waals surface area (Å²) >= 11 is 0. The molecule has 1 fully saturated rings. The molecule has 1 aliphatic carbocycles. The summed E-state index contributed by atoms with van der Waals surface area (Å²) in [5.41, 5.74) is 1.89. The summed E-state index contributed by atoms with van der Waals surface area (Å²) in [6.07, 6.45) is 5.43. The average molecular weight is 245 g/mol. The predicted molar refractivity (Wildman–Crippen MR) is 78.9 cm³/mol. The van der Waals surface area contributed by atoms with Crippen LogP contribution in [-0.4, -0.2) is 12.6 Å². The van der Waals surface area contributed by atoms with Crippen LogP contribution in [0, 0.1) is 5.41 Å². The molecule has 1 aromatic rings. The molecule has 1 nitrogen and oxygen atoms in total. The minimum Gasteiger partial charge on any atom is -0.313 e. The fraction of sp³-hybridized carbons (Fsp3) is 0.647. The maximum Gasteiger partial charge on any atom is 0.0136 e. The fourth-order valence-electron chi connectivity index (χ4n) is 2.91. The molecule has 1 heteroatoms. The standard InChI is InChI=1S/C17H27N/c1-17(2,3)13-18-16-12-8-7-11-15(16)14-9-5-4-6-10-14/h4-6,9-10,15-16,18H,7-8,11-13H2,1-3H3. The van der Waals surface area contributed by atoms with Gasteiger partial charge in [0.15, 0.2) is 0 Å². The van der Waals surface area contributed by atoms with E-state index in [9.17, 15) is 0 Å². The van der Waals surface area contributed by atoms with Gasteiger partial charge in [0.2, 0.25) is 0 Å². The zero-order valence-corrected chi connectivity index (χ0v) is 12.1. The molecule has 1 aliphatic rings. The first kappa shape index (κ1) is 13.6. The molecule has 0 aromatic heterocycles. The molecule has 1 aromatic carbocycles. The minimum atomic E-state index is 0.374. The third-order valence-corrected chi connectivity index (χ3v) is 3.89. The average Bonchev–Trinajstić information content (AvgIpc) is 2.37. The van der Waals surface area contributed by atoms with Crippen molar-refractivity contribution in [1.29, 1.82) is 0 Å².